The van der Waals surface area contributed by atoms with E-state index in [9.17, 15) is 0 Å². The van der Waals surface area contributed by atoms with E-state index in [1.807, 2.05) is 12.1 Å². The van der Waals surface area contributed by atoms with Crippen LogP contribution in [0.15, 0.2) is 24.3 Å². The highest BCUT2D eigenvalue weighted by molar-refractivity contribution is 5.27. The topological polar surface area (TPSA) is 47.3 Å². The van der Waals surface area contributed by atoms with Crippen LogP contribution in [0.4, 0.5) is 0 Å². The summed E-state index contributed by atoms with van der Waals surface area (Å²) in [5.41, 5.74) is 4.28. The number of rotatable bonds is 7. The van der Waals surface area contributed by atoms with Gasteiger partial charge in [0.05, 0.1) is 7.11 Å². The first-order valence-corrected chi connectivity index (χ1v) is 6.67. The average Bonchev–Trinajstić information content (AvgIpc) is 2.39. The van der Waals surface area contributed by atoms with Crippen LogP contribution in [0.1, 0.15) is 32.8 Å². The molecule has 0 bridgehead atoms. The number of nitrogens with two attached hydrogens (primary N) is 1. The van der Waals surface area contributed by atoms with Crippen LogP contribution in [0.3, 0.4) is 0 Å². The number of hydrogen-bond acceptors (Lipinski definition) is 3. The van der Waals surface area contributed by atoms with E-state index in [0.29, 0.717) is 17.9 Å². The van der Waals surface area contributed by atoms with Crippen LogP contribution in [-0.2, 0) is 6.42 Å². The monoisotopic (exact) mass is 250 g/mol. The minimum Gasteiger partial charge on any atom is -0.497 e. The number of hydrogen-bond donors (Lipinski definition) is 2. The zero-order valence-corrected chi connectivity index (χ0v) is 11.9. The van der Waals surface area contributed by atoms with Crippen LogP contribution >= 0.6 is 0 Å². The Kier molecular flexibility index (Phi) is 6.16. The van der Waals surface area contributed by atoms with Crippen molar-refractivity contribution in [3.05, 3.63) is 29.8 Å². The molecular formula is C15H26N2O. The molecule has 18 heavy (non-hydrogen) atoms. The molecule has 102 valence electrons. The van der Waals surface area contributed by atoms with Gasteiger partial charge in [-0.3, -0.25) is 11.3 Å². The molecule has 2 atom stereocenters. The number of nitrogens with one attached hydrogen (secondary N) is 1. The predicted molar refractivity (Wildman–Crippen MR) is 76.4 cm³/mol. The van der Waals surface area contributed by atoms with E-state index < -0.39 is 0 Å². The van der Waals surface area contributed by atoms with Crippen LogP contribution in [0.5, 0.6) is 5.75 Å². The summed E-state index contributed by atoms with van der Waals surface area (Å²) in [7, 11) is 1.69. The van der Waals surface area contributed by atoms with E-state index in [-0.39, 0.29) is 0 Å². The Morgan fingerprint density at radius 1 is 1.17 bits per heavy atom. The molecular weight excluding hydrogens is 224 g/mol. The van der Waals surface area contributed by atoms with E-state index in [2.05, 4.69) is 38.3 Å². The summed E-state index contributed by atoms with van der Waals surface area (Å²) in [5, 5.41) is 0. The molecule has 0 saturated carbocycles. The van der Waals surface area contributed by atoms with Gasteiger partial charge in [0.25, 0.3) is 0 Å². The molecule has 0 aliphatic rings. The van der Waals surface area contributed by atoms with Crippen molar-refractivity contribution in [3.8, 4) is 5.75 Å². The first-order valence-electron chi connectivity index (χ1n) is 6.67. The maximum absolute atomic E-state index is 5.65. The van der Waals surface area contributed by atoms with Gasteiger partial charge in [0.2, 0.25) is 0 Å². The Balaban J connectivity index is 2.51. The smallest absolute Gasteiger partial charge is 0.118 e. The quantitative estimate of drug-likeness (QED) is 0.578. The SMILES string of the molecule is COc1ccc(CCC(NN)C(C)C(C)C)cc1. The zero-order valence-electron chi connectivity index (χ0n) is 11.9. The van der Waals surface area contributed by atoms with Crippen molar-refractivity contribution in [1.82, 2.24) is 5.43 Å². The van der Waals surface area contributed by atoms with Gasteiger partial charge in [-0.25, -0.2) is 0 Å². The van der Waals surface area contributed by atoms with E-state index in [4.69, 9.17) is 10.6 Å². The fraction of sp³-hybridized carbons (Fsp3) is 0.600. The molecule has 0 heterocycles. The van der Waals surface area contributed by atoms with Crippen molar-refractivity contribution in [2.45, 2.75) is 39.7 Å². The van der Waals surface area contributed by atoms with E-state index in [1.165, 1.54) is 5.56 Å². The average molecular weight is 250 g/mol. The second-order valence-electron chi connectivity index (χ2n) is 5.26. The Hall–Kier alpha value is -1.06. The minimum absolute atomic E-state index is 0.368. The first-order chi connectivity index (χ1) is 8.58. The maximum atomic E-state index is 5.65. The molecule has 0 amide bonds. The fourth-order valence-corrected chi connectivity index (χ4v) is 2.08. The lowest BCUT2D eigenvalue weighted by Crippen LogP contribution is -2.42. The van der Waals surface area contributed by atoms with Gasteiger partial charge in [0.1, 0.15) is 5.75 Å². The molecule has 1 rings (SSSR count). The molecule has 3 nitrogen and oxygen atoms in total. The molecule has 3 heteroatoms. The van der Waals surface area contributed by atoms with Crippen LogP contribution in [0.2, 0.25) is 0 Å². The molecule has 0 spiro atoms. The molecule has 0 saturated heterocycles. The van der Waals surface area contributed by atoms with Gasteiger partial charge in [0.15, 0.2) is 0 Å². The van der Waals surface area contributed by atoms with Crippen LogP contribution in [0, 0.1) is 11.8 Å². The van der Waals surface area contributed by atoms with Crippen molar-refractivity contribution in [2.75, 3.05) is 7.11 Å². The Morgan fingerprint density at radius 2 is 1.78 bits per heavy atom. The summed E-state index contributed by atoms with van der Waals surface area (Å²) >= 11 is 0. The number of benzene rings is 1. The van der Waals surface area contributed by atoms with Gasteiger partial charge in [-0.15, -0.1) is 0 Å². The molecule has 1 aromatic carbocycles. The van der Waals surface area contributed by atoms with Crippen LogP contribution < -0.4 is 16.0 Å². The van der Waals surface area contributed by atoms with Gasteiger partial charge in [0, 0.05) is 6.04 Å². The van der Waals surface area contributed by atoms with Crippen molar-refractivity contribution < 1.29 is 4.74 Å². The third-order valence-electron chi connectivity index (χ3n) is 3.80. The van der Waals surface area contributed by atoms with E-state index in [1.54, 1.807) is 7.11 Å². The van der Waals surface area contributed by atoms with Crippen molar-refractivity contribution in [3.63, 3.8) is 0 Å². The van der Waals surface area contributed by atoms with Gasteiger partial charge >= 0.3 is 0 Å². The minimum atomic E-state index is 0.368. The number of aryl methyl sites for hydroxylation is 1. The summed E-state index contributed by atoms with van der Waals surface area (Å²) in [6.07, 6.45) is 2.10. The normalized spacial score (nSPS) is 14.6. The van der Waals surface area contributed by atoms with Crippen LogP contribution in [-0.4, -0.2) is 13.2 Å². The van der Waals surface area contributed by atoms with E-state index in [0.717, 1.165) is 18.6 Å². The second-order valence-corrected chi connectivity index (χ2v) is 5.26. The third kappa shape index (κ3) is 4.31. The van der Waals surface area contributed by atoms with Crippen molar-refractivity contribution in [1.29, 1.82) is 0 Å². The zero-order chi connectivity index (χ0) is 13.5. The molecule has 0 aromatic heterocycles. The summed E-state index contributed by atoms with van der Waals surface area (Å²) in [4.78, 5) is 0. The lowest BCUT2D eigenvalue weighted by molar-refractivity contribution is 0.288. The summed E-state index contributed by atoms with van der Waals surface area (Å²) in [6.45, 7) is 6.73. The fourth-order valence-electron chi connectivity index (χ4n) is 2.08. The number of hydrazine groups is 1. The highest BCUT2D eigenvalue weighted by Gasteiger charge is 2.18. The van der Waals surface area contributed by atoms with Gasteiger partial charge in [-0.05, 0) is 42.4 Å². The van der Waals surface area contributed by atoms with E-state index >= 15 is 0 Å². The van der Waals surface area contributed by atoms with Gasteiger partial charge in [-0.1, -0.05) is 32.9 Å². The van der Waals surface area contributed by atoms with Gasteiger partial charge < -0.3 is 4.74 Å². The molecule has 1 aromatic rings. The Morgan fingerprint density at radius 3 is 2.22 bits per heavy atom. The molecule has 0 radical (unpaired) electrons. The molecule has 3 N–H and O–H groups in total. The molecule has 0 fully saturated rings. The van der Waals surface area contributed by atoms with Gasteiger partial charge in [-0.2, -0.15) is 0 Å². The lowest BCUT2D eigenvalue weighted by Gasteiger charge is -2.26. The summed E-state index contributed by atoms with van der Waals surface area (Å²) in [6, 6.07) is 8.61. The first kappa shape index (κ1) is 15.0. The Bertz CT molecular complexity index is 335. The largest absolute Gasteiger partial charge is 0.497 e. The summed E-state index contributed by atoms with van der Waals surface area (Å²) in [5.74, 6) is 7.77. The Labute approximate surface area is 111 Å². The maximum Gasteiger partial charge on any atom is 0.118 e. The highest BCUT2D eigenvalue weighted by Crippen LogP contribution is 2.19. The standard InChI is InChI=1S/C15H26N2O/c1-11(2)12(3)15(17-16)10-7-13-5-8-14(18-4)9-6-13/h5-6,8-9,11-12,15,17H,7,10,16H2,1-4H3. The predicted octanol–water partition coefficient (Wildman–Crippen LogP) is 2.75. The van der Waals surface area contributed by atoms with Crippen molar-refractivity contribution >= 4 is 0 Å². The molecule has 2 unspecified atom stereocenters. The van der Waals surface area contributed by atoms with Crippen molar-refractivity contribution in [2.24, 2.45) is 17.7 Å². The summed E-state index contributed by atoms with van der Waals surface area (Å²) < 4.78 is 5.15. The second kappa shape index (κ2) is 7.39. The number of methoxy groups -OCH3 is 1. The molecule has 0 aliphatic carbocycles. The highest BCUT2D eigenvalue weighted by atomic mass is 16.5. The molecule has 0 aliphatic heterocycles. The number of ether oxygens (including phenoxy) is 1. The third-order valence-corrected chi connectivity index (χ3v) is 3.80. The van der Waals surface area contributed by atoms with Crippen LogP contribution in [0.25, 0.3) is 0 Å². The lowest BCUT2D eigenvalue weighted by atomic mass is 9.87.